The first-order valence-electron chi connectivity index (χ1n) is 11.3. The van der Waals surface area contributed by atoms with Gasteiger partial charge in [0, 0.05) is 34.5 Å². The van der Waals surface area contributed by atoms with Crippen LogP contribution in [-0.4, -0.2) is 32.7 Å². The molecule has 0 radical (unpaired) electrons. The van der Waals surface area contributed by atoms with Gasteiger partial charge in [0.25, 0.3) is 0 Å². The Morgan fingerprint density at radius 3 is 2.63 bits per heavy atom. The molecule has 0 bridgehead atoms. The maximum Gasteiger partial charge on any atom is 0.330 e. The molecule has 2 aromatic heterocycles. The van der Waals surface area contributed by atoms with E-state index in [0.717, 1.165) is 38.8 Å². The molecule has 35 heavy (non-hydrogen) atoms. The monoisotopic (exact) mass is 461 g/mol. The smallest absolute Gasteiger partial charge is 0.330 e. The van der Waals surface area contributed by atoms with Crippen LogP contribution in [0.15, 0.2) is 91.3 Å². The third-order valence-electron chi connectivity index (χ3n) is 5.43. The number of anilines is 2. The van der Waals surface area contributed by atoms with Gasteiger partial charge in [0.2, 0.25) is 0 Å². The number of benzene rings is 3. The molecule has 0 saturated heterocycles. The number of H-pyrrole nitrogens is 1. The molecule has 0 fully saturated rings. The number of para-hydroxylation sites is 1. The summed E-state index contributed by atoms with van der Waals surface area (Å²) in [6.45, 7) is 2.12. The summed E-state index contributed by atoms with van der Waals surface area (Å²) in [5.41, 5.74) is 5.56. The van der Waals surface area contributed by atoms with Crippen LogP contribution in [0.5, 0.6) is 0 Å². The summed E-state index contributed by atoms with van der Waals surface area (Å²) < 4.78 is 4.96. The molecule has 7 heteroatoms. The Kier molecular flexibility index (Phi) is 6.30. The van der Waals surface area contributed by atoms with Crippen molar-refractivity contribution in [2.75, 3.05) is 11.9 Å². The highest BCUT2D eigenvalue weighted by Gasteiger charge is 2.10. The second-order valence-electron chi connectivity index (χ2n) is 7.81. The first kappa shape index (κ1) is 22.0. The lowest BCUT2D eigenvalue weighted by molar-refractivity contribution is -0.137. The first-order chi connectivity index (χ1) is 17.2. The molecule has 5 rings (SSSR count). The lowest BCUT2D eigenvalue weighted by Gasteiger charge is -2.12. The molecule has 0 saturated carbocycles. The third-order valence-corrected chi connectivity index (χ3v) is 5.43. The molecule has 0 aliphatic rings. The number of aromatic amines is 1. The zero-order valence-electron chi connectivity index (χ0n) is 19.1. The van der Waals surface area contributed by atoms with Gasteiger partial charge in [-0.15, -0.1) is 0 Å². The largest absolute Gasteiger partial charge is 0.463 e. The van der Waals surface area contributed by atoms with Crippen molar-refractivity contribution in [1.29, 1.82) is 0 Å². The SMILES string of the molecule is CCOC(=O)/C=C/c1cccc(-c2nc(Nc3ccc(-c4cn[nH]c4)cc3)c3ccccc3n2)c1. The summed E-state index contributed by atoms with van der Waals surface area (Å²) in [6, 6.07) is 23.7. The van der Waals surface area contributed by atoms with Gasteiger partial charge in [-0.25, -0.2) is 14.8 Å². The molecule has 0 atom stereocenters. The van der Waals surface area contributed by atoms with Crippen LogP contribution in [0.25, 0.3) is 39.5 Å². The molecule has 0 spiro atoms. The van der Waals surface area contributed by atoms with Crippen LogP contribution >= 0.6 is 0 Å². The fraction of sp³-hybridized carbons (Fsp3) is 0.0714. The van der Waals surface area contributed by atoms with E-state index in [9.17, 15) is 4.79 Å². The molecule has 0 unspecified atom stereocenters. The van der Waals surface area contributed by atoms with Crippen molar-refractivity contribution < 1.29 is 9.53 Å². The van der Waals surface area contributed by atoms with E-state index in [1.54, 1.807) is 19.2 Å². The van der Waals surface area contributed by atoms with Gasteiger partial charge in [-0.2, -0.15) is 5.10 Å². The molecule has 7 nitrogen and oxygen atoms in total. The van der Waals surface area contributed by atoms with Crippen LogP contribution in [0.2, 0.25) is 0 Å². The summed E-state index contributed by atoms with van der Waals surface area (Å²) in [4.78, 5) is 21.3. The molecule has 2 N–H and O–H groups in total. The minimum Gasteiger partial charge on any atom is -0.463 e. The van der Waals surface area contributed by atoms with Gasteiger partial charge in [-0.3, -0.25) is 5.10 Å². The van der Waals surface area contributed by atoms with Gasteiger partial charge in [-0.1, -0.05) is 42.5 Å². The first-order valence-corrected chi connectivity index (χ1v) is 11.3. The zero-order chi connectivity index (χ0) is 24.0. The number of hydrogen-bond donors (Lipinski definition) is 2. The third kappa shape index (κ3) is 5.09. The molecule has 172 valence electrons. The summed E-state index contributed by atoms with van der Waals surface area (Å²) in [5, 5.41) is 11.2. The topological polar surface area (TPSA) is 92.8 Å². The summed E-state index contributed by atoms with van der Waals surface area (Å²) in [5.74, 6) is 0.937. The van der Waals surface area contributed by atoms with Crippen molar-refractivity contribution in [3.05, 3.63) is 96.8 Å². The quantitative estimate of drug-likeness (QED) is 0.228. The van der Waals surface area contributed by atoms with Crippen molar-refractivity contribution in [3.63, 3.8) is 0 Å². The highest BCUT2D eigenvalue weighted by Crippen LogP contribution is 2.29. The lowest BCUT2D eigenvalue weighted by Crippen LogP contribution is -2.00. The highest BCUT2D eigenvalue weighted by molar-refractivity contribution is 5.92. The van der Waals surface area contributed by atoms with Crippen LogP contribution in [0.1, 0.15) is 12.5 Å². The van der Waals surface area contributed by atoms with E-state index >= 15 is 0 Å². The normalized spacial score (nSPS) is 11.1. The van der Waals surface area contributed by atoms with Crippen molar-refractivity contribution >= 4 is 34.5 Å². The summed E-state index contributed by atoms with van der Waals surface area (Å²) >= 11 is 0. The summed E-state index contributed by atoms with van der Waals surface area (Å²) in [7, 11) is 0. The Morgan fingerprint density at radius 2 is 1.83 bits per heavy atom. The fourth-order valence-electron chi connectivity index (χ4n) is 3.73. The molecular weight excluding hydrogens is 438 g/mol. The van der Waals surface area contributed by atoms with E-state index in [1.807, 2.05) is 79.0 Å². The predicted molar refractivity (Wildman–Crippen MR) is 138 cm³/mol. The van der Waals surface area contributed by atoms with E-state index in [-0.39, 0.29) is 5.97 Å². The van der Waals surface area contributed by atoms with Crippen LogP contribution in [0, 0.1) is 0 Å². The van der Waals surface area contributed by atoms with Crippen LogP contribution in [0.3, 0.4) is 0 Å². The molecule has 0 amide bonds. The fourth-order valence-corrected chi connectivity index (χ4v) is 3.73. The number of hydrogen-bond acceptors (Lipinski definition) is 6. The number of esters is 1. The van der Waals surface area contributed by atoms with Crippen LogP contribution in [-0.2, 0) is 9.53 Å². The van der Waals surface area contributed by atoms with Gasteiger partial charge in [-0.05, 0) is 54.5 Å². The van der Waals surface area contributed by atoms with Crippen LogP contribution < -0.4 is 5.32 Å². The van der Waals surface area contributed by atoms with Gasteiger partial charge in [0.1, 0.15) is 5.82 Å². The lowest BCUT2D eigenvalue weighted by atomic mass is 10.1. The number of carbonyl (C=O) groups excluding carboxylic acids is 1. The average molecular weight is 462 g/mol. The molecule has 0 aliphatic carbocycles. The second-order valence-corrected chi connectivity index (χ2v) is 7.81. The Bertz CT molecular complexity index is 1490. The van der Waals surface area contributed by atoms with E-state index in [4.69, 9.17) is 14.7 Å². The Hall–Kier alpha value is -4.78. The van der Waals surface area contributed by atoms with Crippen molar-refractivity contribution in [3.8, 4) is 22.5 Å². The molecule has 3 aromatic carbocycles. The summed E-state index contributed by atoms with van der Waals surface area (Å²) in [6.07, 6.45) is 6.80. The van der Waals surface area contributed by atoms with Gasteiger partial charge < -0.3 is 10.1 Å². The maximum atomic E-state index is 11.7. The van der Waals surface area contributed by atoms with Gasteiger partial charge >= 0.3 is 5.97 Å². The minimum absolute atomic E-state index is 0.343. The Labute approximate surface area is 202 Å². The van der Waals surface area contributed by atoms with Gasteiger partial charge in [0.15, 0.2) is 5.82 Å². The van der Waals surface area contributed by atoms with Gasteiger partial charge in [0.05, 0.1) is 18.3 Å². The number of ether oxygens (including phenoxy) is 1. The van der Waals surface area contributed by atoms with E-state index in [2.05, 4.69) is 15.5 Å². The maximum absolute atomic E-state index is 11.7. The Morgan fingerprint density at radius 1 is 0.971 bits per heavy atom. The molecule has 0 aliphatic heterocycles. The zero-order valence-corrected chi connectivity index (χ0v) is 19.1. The molecular formula is C28H23N5O2. The minimum atomic E-state index is -0.370. The van der Waals surface area contributed by atoms with Crippen LogP contribution in [0.4, 0.5) is 11.5 Å². The van der Waals surface area contributed by atoms with Crippen molar-refractivity contribution in [2.24, 2.45) is 0 Å². The number of carbonyl (C=O) groups is 1. The number of nitrogens with one attached hydrogen (secondary N) is 2. The predicted octanol–water partition coefficient (Wildman–Crippen LogP) is 6.01. The standard InChI is InChI=1S/C28H23N5O2/c1-2-35-26(34)15-10-19-6-5-7-21(16-19)27-32-25-9-4-3-8-24(25)28(33-27)31-23-13-11-20(12-14-23)22-17-29-30-18-22/h3-18H,2H2,1H3,(H,29,30)(H,31,32,33)/b15-10+. The van der Waals surface area contributed by atoms with E-state index in [0.29, 0.717) is 18.2 Å². The number of aromatic nitrogens is 4. The van der Waals surface area contributed by atoms with E-state index in [1.165, 1.54) is 6.08 Å². The van der Waals surface area contributed by atoms with E-state index < -0.39 is 0 Å². The second kappa shape index (κ2) is 10.0. The number of fused-ring (bicyclic) bond motifs is 1. The average Bonchev–Trinajstić information content (AvgIpc) is 3.43. The van der Waals surface area contributed by atoms with Crippen molar-refractivity contribution in [1.82, 2.24) is 20.2 Å². The number of rotatable bonds is 7. The number of nitrogens with zero attached hydrogens (tertiary/aromatic N) is 3. The highest BCUT2D eigenvalue weighted by atomic mass is 16.5. The molecule has 5 aromatic rings. The molecule has 2 heterocycles. The Balaban J connectivity index is 1.47. The van der Waals surface area contributed by atoms with Crippen molar-refractivity contribution in [2.45, 2.75) is 6.92 Å².